The molecule has 0 saturated carbocycles. The highest BCUT2D eigenvalue weighted by Crippen LogP contribution is 2.51. The molecule has 0 saturated heterocycles. The Morgan fingerprint density at radius 1 is 0.457 bits per heavy atom. The first-order valence-electron chi connectivity index (χ1n) is 12.1. The molecule has 5 aromatic rings. The molecule has 5 aromatic carbocycles. The maximum Gasteiger partial charge on any atom is 0.0623 e. The van der Waals surface area contributed by atoms with Gasteiger partial charge >= 0.3 is 0 Å². The van der Waals surface area contributed by atoms with E-state index in [0.29, 0.717) is 0 Å². The molecule has 2 heteroatoms. The Hall–Kier alpha value is -4.30. The van der Waals surface area contributed by atoms with Gasteiger partial charge in [0.1, 0.15) is 0 Å². The Kier molecular flexibility index (Phi) is 5.15. The second-order valence-electron chi connectivity index (χ2n) is 9.64. The van der Waals surface area contributed by atoms with Crippen LogP contribution in [0.25, 0.3) is 22.3 Å². The second-order valence-corrected chi connectivity index (χ2v) is 9.64. The van der Waals surface area contributed by atoms with Crippen molar-refractivity contribution in [2.75, 3.05) is 10.6 Å². The third-order valence-electron chi connectivity index (χ3n) is 7.07. The topological polar surface area (TPSA) is 24.1 Å². The fourth-order valence-electron chi connectivity index (χ4n) is 5.24. The molecular formula is C33H28N2. The lowest BCUT2D eigenvalue weighted by Crippen LogP contribution is -2.14. The number of nitrogens with one attached hydrogen (secondary N) is 2. The van der Waals surface area contributed by atoms with Crippen molar-refractivity contribution in [2.45, 2.75) is 19.3 Å². The van der Waals surface area contributed by atoms with Gasteiger partial charge in [-0.15, -0.1) is 0 Å². The lowest BCUT2D eigenvalue weighted by atomic mass is 9.82. The van der Waals surface area contributed by atoms with Gasteiger partial charge in [-0.05, 0) is 58.1 Å². The van der Waals surface area contributed by atoms with Crippen molar-refractivity contribution in [1.29, 1.82) is 0 Å². The zero-order chi connectivity index (χ0) is 23.8. The van der Waals surface area contributed by atoms with Gasteiger partial charge in [-0.2, -0.15) is 0 Å². The van der Waals surface area contributed by atoms with Crippen LogP contribution in [-0.4, -0.2) is 0 Å². The quantitative estimate of drug-likeness (QED) is 0.278. The summed E-state index contributed by atoms with van der Waals surface area (Å²) in [7, 11) is 0. The van der Waals surface area contributed by atoms with Crippen molar-refractivity contribution >= 4 is 22.7 Å². The lowest BCUT2D eigenvalue weighted by Gasteiger charge is -2.22. The molecule has 0 fully saturated rings. The van der Waals surface area contributed by atoms with Gasteiger partial charge in [-0.3, -0.25) is 0 Å². The first kappa shape index (κ1) is 21.2. The summed E-state index contributed by atoms with van der Waals surface area (Å²) in [5, 5.41) is 7.36. The van der Waals surface area contributed by atoms with Crippen molar-refractivity contribution < 1.29 is 0 Å². The second kappa shape index (κ2) is 8.48. The molecule has 0 unspecified atom stereocenters. The summed E-state index contributed by atoms with van der Waals surface area (Å²) in [4.78, 5) is 0. The van der Waals surface area contributed by atoms with Gasteiger partial charge in [0.25, 0.3) is 0 Å². The van der Waals surface area contributed by atoms with Gasteiger partial charge in [0.15, 0.2) is 0 Å². The van der Waals surface area contributed by atoms with Gasteiger partial charge in [0.2, 0.25) is 0 Å². The number of benzene rings is 5. The van der Waals surface area contributed by atoms with Crippen LogP contribution in [0.1, 0.15) is 25.0 Å². The van der Waals surface area contributed by atoms with Crippen molar-refractivity contribution in [3.05, 3.63) is 132 Å². The highest BCUT2D eigenvalue weighted by Gasteiger charge is 2.36. The predicted molar refractivity (Wildman–Crippen MR) is 149 cm³/mol. The molecule has 0 aliphatic heterocycles. The highest BCUT2D eigenvalue weighted by atomic mass is 15.0. The van der Waals surface area contributed by atoms with E-state index in [4.69, 9.17) is 0 Å². The van der Waals surface area contributed by atoms with Crippen LogP contribution >= 0.6 is 0 Å². The van der Waals surface area contributed by atoms with Crippen molar-refractivity contribution in [3.8, 4) is 22.3 Å². The fraction of sp³-hybridized carbons (Fsp3) is 0.0909. The van der Waals surface area contributed by atoms with Crippen molar-refractivity contribution in [2.24, 2.45) is 0 Å². The standard InChI is InChI=1S/C33H28N2/c1-33(2)27-14-7-6-13-26(27)32-28(33)15-10-18-31(32)35-30-17-9-8-16-29(30)34-25-21-19-24(20-22-25)23-11-4-3-5-12-23/h3-22,34-35H,1-2H3. The van der Waals surface area contributed by atoms with Crippen LogP contribution in [0.15, 0.2) is 121 Å². The van der Waals surface area contributed by atoms with Crippen LogP contribution in [0.5, 0.6) is 0 Å². The minimum atomic E-state index is -0.0120. The third kappa shape index (κ3) is 3.77. The van der Waals surface area contributed by atoms with Crippen LogP contribution in [0.4, 0.5) is 22.7 Å². The Balaban J connectivity index is 1.32. The van der Waals surface area contributed by atoms with Gasteiger partial charge in [0, 0.05) is 22.4 Å². The first-order chi connectivity index (χ1) is 17.1. The Bertz CT molecular complexity index is 1500. The molecular weight excluding hydrogens is 424 g/mol. The minimum absolute atomic E-state index is 0.0120. The average Bonchev–Trinajstić information content (AvgIpc) is 3.14. The van der Waals surface area contributed by atoms with Crippen LogP contribution < -0.4 is 10.6 Å². The van der Waals surface area contributed by atoms with E-state index in [1.165, 1.54) is 33.4 Å². The van der Waals surface area contributed by atoms with Gasteiger partial charge in [0.05, 0.1) is 11.4 Å². The largest absolute Gasteiger partial charge is 0.354 e. The van der Waals surface area contributed by atoms with E-state index in [-0.39, 0.29) is 5.41 Å². The van der Waals surface area contributed by atoms with Gasteiger partial charge < -0.3 is 10.6 Å². The zero-order valence-corrected chi connectivity index (χ0v) is 20.0. The molecule has 1 aliphatic carbocycles. The van der Waals surface area contributed by atoms with E-state index in [2.05, 4.69) is 140 Å². The normalized spacial score (nSPS) is 13.1. The summed E-state index contributed by atoms with van der Waals surface area (Å²) in [6, 6.07) is 42.8. The van der Waals surface area contributed by atoms with Gasteiger partial charge in [-0.25, -0.2) is 0 Å². The number of anilines is 4. The molecule has 0 spiro atoms. The molecule has 1 aliphatic rings. The van der Waals surface area contributed by atoms with Crippen molar-refractivity contribution in [1.82, 2.24) is 0 Å². The minimum Gasteiger partial charge on any atom is -0.354 e. The Morgan fingerprint density at radius 3 is 1.80 bits per heavy atom. The van der Waals surface area contributed by atoms with Crippen LogP contribution in [0.2, 0.25) is 0 Å². The molecule has 2 N–H and O–H groups in total. The van der Waals surface area contributed by atoms with E-state index >= 15 is 0 Å². The van der Waals surface area contributed by atoms with Crippen LogP contribution in [0.3, 0.4) is 0 Å². The molecule has 6 rings (SSSR count). The number of para-hydroxylation sites is 2. The SMILES string of the molecule is CC1(C)c2ccccc2-c2c(Nc3ccccc3Nc3ccc(-c4ccccc4)cc3)cccc21. The van der Waals surface area contributed by atoms with E-state index in [1.807, 2.05) is 6.07 Å². The van der Waals surface area contributed by atoms with Crippen molar-refractivity contribution in [3.63, 3.8) is 0 Å². The summed E-state index contributed by atoms with van der Waals surface area (Å²) < 4.78 is 0. The molecule has 2 nitrogen and oxygen atoms in total. The maximum absolute atomic E-state index is 3.75. The average molecular weight is 453 g/mol. The Labute approximate surface area is 207 Å². The third-order valence-corrected chi connectivity index (χ3v) is 7.07. The number of hydrogen-bond acceptors (Lipinski definition) is 2. The van der Waals surface area contributed by atoms with E-state index in [9.17, 15) is 0 Å². The van der Waals surface area contributed by atoms with Crippen LogP contribution in [-0.2, 0) is 5.41 Å². The molecule has 170 valence electrons. The summed E-state index contributed by atoms with van der Waals surface area (Å²) in [6.45, 7) is 4.63. The summed E-state index contributed by atoms with van der Waals surface area (Å²) in [6.07, 6.45) is 0. The lowest BCUT2D eigenvalue weighted by molar-refractivity contribution is 0.660. The molecule has 0 atom stereocenters. The summed E-state index contributed by atoms with van der Waals surface area (Å²) in [5.74, 6) is 0. The zero-order valence-electron chi connectivity index (χ0n) is 20.0. The van der Waals surface area contributed by atoms with E-state index in [0.717, 1.165) is 22.7 Å². The first-order valence-corrected chi connectivity index (χ1v) is 12.1. The number of fused-ring (bicyclic) bond motifs is 3. The smallest absolute Gasteiger partial charge is 0.0623 e. The summed E-state index contributed by atoms with van der Waals surface area (Å²) in [5.41, 5.74) is 12.1. The molecule has 35 heavy (non-hydrogen) atoms. The molecule has 0 heterocycles. The number of rotatable bonds is 5. The van der Waals surface area contributed by atoms with E-state index in [1.54, 1.807) is 0 Å². The summed E-state index contributed by atoms with van der Waals surface area (Å²) >= 11 is 0. The molecule has 0 aromatic heterocycles. The predicted octanol–water partition coefficient (Wildman–Crippen LogP) is 9.15. The maximum atomic E-state index is 3.75. The fourth-order valence-corrected chi connectivity index (χ4v) is 5.24. The Morgan fingerprint density at radius 2 is 1.03 bits per heavy atom. The monoisotopic (exact) mass is 452 g/mol. The number of hydrogen-bond donors (Lipinski definition) is 2. The highest BCUT2D eigenvalue weighted by molar-refractivity contribution is 5.92. The van der Waals surface area contributed by atoms with E-state index < -0.39 is 0 Å². The van der Waals surface area contributed by atoms with Gasteiger partial charge in [-0.1, -0.05) is 105 Å². The molecule has 0 bridgehead atoms. The molecule has 0 radical (unpaired) electrons. The molecule has 0 amide bonds. The van der Waals surface area contributed by atoms with Crippen LogP contribution in [0, 0.1) is 0 Å².